The Hall–Kier alpha value is -2.20. The van der Waals surface area contributed by atoms with Gasteiger partial charge in [0.2, 0.25) is 5.91 Å². The maximum absolute atomic E-state index is 12.6. The zero-order valence-corrected chi connectivity index (χ0v) is 13.2. The van der Waals surface area contributed by atoms with Gasteiger partial charge in [-0.25, -0.2) is 0 Å². The number of pyridine rings is 1. The molecule has 0 unspecified atom stereocenters. The number of aromatic nitrogens is 1. The summed E-state index contributed by atoms with van der Waals surface area (Å²) < 4.78 is 0. The minimum atomic E-state index is -0.190. The lowest BCUT2D eigenvalue weighted by atomic mass is 10.0. The number of rotatable bonds is 7. The zero-order chi connectivity index (χ0) is 15.8. The van der Waals surface area contributed by atoms with Crippen molar-refractivity contribution in [2.24, 2.45) is 0 Å². The van der Waals surface area contributed by atoms with Crippen LogP contribution in [0.5, 0.6) is 0 Å². The molecule has 0 aliphatic carbocycles. The molecule has 0 saturated heterocycles. The molecular weight excluding hydrogens is 274 g/mol. The SMILES string of the molecule is CN[C@H](Cc1ccccc1)C(=O)N(C)CCc1ccncc1. The number of carbonyl (C=O) groups excluding carboxylic acids is 1. The molecule has 0 aliphatic heterocycles. The molecule has 22 heavy (non-hydrogen) atoms. The molecule has 1 aromatic carbocycles. The summed E-state index contributed by atoms with van der Waals surface area (Å²) in [6.07, 6.45) is 5.11. The second-order valence-corrected chi connectivity index (χ2v) is 5.40. The predicted octanol–water partition coefficient (Wildman–Crippen LogP) is 1.91. The molecule has 0 bridgehead atoms. The van der Waals surface area contributed by atoms with E-state index >= 15 is 0 Å². The lowest BCUT2D eigenvalue weighted by molar-refractivity contribution is -0.131. The first kappa shape index (κ1) is 16.2. The Balaban J connectivity index is 1.90. The second-order valence-electron chi connectivity index (χ2n) is 5.40. The Morgan fingerprint density at radius 1 is 1.14 bits per heavy atom. The number of carbonyl (C=O) groups is 1. The summed E-state index contributed by atoms with van der Waals surface area (Å²) in [4.78, 5) is 18.4. The Morgan fingerprint density at radius 2 is 1.82 bits per heavy atom. The highest BCUT2D eigenvalue weighted by atomic mass is 16.2. The molecule has 1 N–H and O–H groups in total. The van der Waals surface area contributed by atoms with Crippen LogP contribution >= 0.6 is 0 Å². The first-order chi connectivity index (χ1) is 10.7. The van der Waals surface area contributed by atoms with E-state index in [0.29, 0.717) is 13.0 Å². The molecule has 0 aliphatic rings. The molecule has 1 atom stereocenters. The quantitative estimate of drug-likeness (QED) is 0.849. The van der Waals surface area contributed by atoms with Crippen LogP contribution in [0.4, 0.5) is 0 Å². The molecule has 1 heterocycles. The van der Waals surface area contributed by atoms with Gasteiger partial charge in [-0.1, -0.05) is 30.3 Å². The Labute approximate surface area is 132 Å². The number of hydrogen-bond acceptors (Lipinski definition) is 3. The zero-order valence-electron chi connectivity index (χ0n) is 13.2. The summed E-state index contributed by atoms with van der Waals surface area (Å²) in [5.41, 5.74) is 2.36. The average Bonchev–Trinajstić information content (AvgIpc) is 2.58. The van der Waals surface area contributed by atoms with Gasteiger partial charge in [-0.3, -0.25) is 9.78 Å². The largest absolute Gasteiger partial charge is 0.344 e. The number of nitrogens with one attached hydrogen (secondary N) is 1. The van der Waals surface area contributed by atoms with Gasteiger partial charge >= 0.3 is 0 Å². The van der Waals surface area contributed by atoms with Crippen molar-refractivity contribution in [2.45, 2.75) is 18.9 Å². The van der Waals surface area contributed by atoms with Crippen molar-refractivity contribution < 1.29 is 4.79 Å². The molecule has 1 amide bonds. The van der Waals surface area contributed by atoms with Crippen LogP contribution in [0.25, 0.3) is 0 Å². The fourth-order valence-corrected chi connectivity index (χ4v) is 2.39. The average molecular weight is 297 g/mol. The lowest BCUT2D eigenvalue weighted by Crippen LogP contribution is -2.45. The van der Waals surface area contributed by atoms with Gasteiger partial charge in [-0.05, 0) is 43.1 Å². The molecule has 2 rings (SSSR count). The standard InChI is InChI=1S/C18H23N3O/c1-19-17(14-16-6-4-3-5-7-16)18(22)21(2)13-10-15-8-11-20-12-9-15/h3-9,11-12,17,19H,10,13-14H2,1-2H3/t17-/m1/s1. The van der Waals surface area contributed by atoms with Crippen molar-refractivity contribution >= 4 is 5.91 Å². The monoisotopic (exact) mass is 297 g/mol. The molecule has 4 nitrogen and oxygen atoms in total. The molecular formula is C18H23N3O. The van der Waals surface area contributed by atoms with E-state index in [1.165, 1.54) is 5.56 Å². The predicted molar refractivity (Wildman–Crippen MR) is 88.6 cm³/mol. The van der Waals surface area contributed by atoms with Crippen LogP contribution in [0.2, 0.25) is 0 Å². The highest BCUT2D eigenvalue weighted by molar-refractivity contribution is 5.82. The van der Waals surface area contributed by atoms with E-state index in [9.17, 15) is 4.79 Å². The van der Waals surface area contributed by atoms with Gasteiger partial charge in [0.05, 0.1) is 6.04 Å². The minimum absolute atomic E-state index is 0.125. The van der Waals surface area contributed by atoms with Gasteiger partial charge in [-0.2, -0.15) is 0 Å². The summed E-state index contributed by atoms with van der Waals surface area (Å²) in [6, 6.07) is 13.9. The van der Waals surface area contributed by atoms with E-state index < -0.39 is 0 Å². The third-order valence-electron chi connectivity index (χ3n) is 3.79. The van der Waals surface area contributed by atoms with Gasteiger partial charge in [0.1, 0.15) is 0 Å². The van der Waals surface area contributed by atoms with Gasteiger partial charge < -0.3 is 10.2 Å². The maximum atomic E-state index is 12.6. The number of hydrogen-bond donors (Lipinski definition) is 1. The third-order valence-corrected chi connectivity index (χ3v) is 3.79. The Bertz CT molecular complexity index is 571. The molecule has 0 saturated carbocycles. The summed E-state index contributed by atoms with van der Waals surface area (Å²) in [6.45, 7) is 0.704. The van der Waals surface area contributed by atoms with Gasteiger partial charge in [-0.15, -0.1) is 0 Å². The van der Waals surface area contributed by atoms with Crippen molar-refractivity contribution in [3.8, 4) is 0 Å². The van der Waals surface area contributed by atoms with Crippen LogP contribution in [-0.2, 0) is 17.6 Å². The van der Waals surface area contributed by atoms with Crippen LogP contribution in [0.3, 0.4) is 0 Å². The molecule has 0 fully saturated rings. The van der Waals surface area contributed by atoms with Crippen LogP contribution in [0.15, 0.2) is 54.9 Å². The van der Waals surface area contributed by atoms with Crippen molar-refractivity contribution in [3.05, 3.63) is 66.0 Å². The second kappa shape index (κ2) is 8.29. The van der Waals surface area contributed by atoms with Crippen LogP contribution in [-0.4, -0.2) is 42.5 Å². The summed E-state index contributed by atoms with van der Waals surface area (Å²) in [7, 11) is 3.70. The molecule has 0 spiro atoms. The van der Waals surface area contributed by atoms with Crippen molar-refractivity contribution in [3.63, 3.8) is 0 Å². The van der Waals surface area contributed by atoms with Gasteiger partial charge in [0.25, 0.3) is 0 Å². The summed E-state index contributed by atoms with van der Waals surface area (Å²) >= 11 is 0. The molecule has 0 radical (unpaired) electrons. The first-order valence-corrected chi connectivity index (χ1v) is 7.55. The lowest BCUT2D eigenvalue weighted by Gasteiger charge is -2.23. The van der Waals surface area contributed by atoms with Crippen LogP contribution in [0.1, 0.15) is 11.1 Å². The van der Waals surface area contributed by atoms with E-state index in [0.717, 1.165) is 12.0 Å². The molecule has 2 aromatic rings. The maximum Gasteiger partial charge on any atom is 0.239 e. The van der Waals surface area contributed by atoms with E-state index in [1.54, 1.807) is 17.3 Å². The molecule has 116 valence electrons. The normalized spacial score (nSPS) is 11.9. The topological polar surface area (TPSA) is 45.2 Å². The number of benzene rings is 1. The number of nitrogens with zero attached hydrogens (tertiary/aromatic N) is 2. The summed E-state index contributed by atoms with van der Waals surface area (Å²) in [5, 5.41) is 3.13. The van der Waals surface area contributed by atoms with Gasteiger partial charge in [0.15, 0.2) is 0 Å². The van der Waals surface area contributed by atoms with Crippen molar-refractivity contribution in [1.29, 1.82) is 0 Å². The minimum Gasteiger partial charge on any atom is -0.344 e. The first-order valence-electron chi connectivity index (χ1n) is 7.55. The van der Waals surface area contributed by atoms with E-state index in [-0.39, 0.29) is 11.9 Å². The van der Waals surface area contributed by atoms with Gasteiger partial charge in [0, 0.05) is 26.0 Å². The van der Waals surface area contributed by atoms with Crippen LogP contribution < -0.4 is 5.32 Å². The number of likely N-dealkylation sites (N-methyl/N-ethyl adjacent to an activating group) is 2. The highest BCUT2D eigenvalue weighted by Crippen LogP contribution is 2.06. The fourth-order valence-electron chi connectivity index (χ4n) is 2.39. The molecule has 1 aromatic heterocycles. The van der Waals surface area contributed by atoms with Crippen molar-refractivity contribution in [2.75, 3.05) is 20.6 Å². The molecule has 4 heteroatoms. The highest BCUT2D eigenvalue weighted by Gasteiger charge is 2.20. The van der Waals surface area contributed by atoms with E-state index in [4.69, 9.17) is 0 Å². The third kappa shape index (κ3) is 4.67. The number of amides is 1. The Morgan fingerprint density at radius 3 is 2.45 bits per heavy atom. The van der Waals surface area contributed by atoms with E-state index in [2.05, 4.69) is 22.4 Å². The Kier molecular flexibility index (Phi) is 6.10. The summed E-state index contributed by atoms with van der Waals surface area (Å²) in [5.74, 6) is 0.125. The smallest absolute Gasteiger partial charge is 0.239 e. The van der Waals surface area contributed by atoms with Crippen LogP contribution in [0, 0.1) is 0 Å². The van der Waals surface area contributed by atoms with Crippen molar-refractivity contribution in [1.82, 2.24) is 15.2 Å². The van der Waals surface area contributed by atoms with E-state index in [1.807, 2.05) is 44.4 Å². The fraction of sp³-hybridized carbons (Fsp3) is 0.333.